The second kappa shape index (κ2) is 8.63. The van der Waals surface area contributed by atoms with Gasteiger partial charge in [-0.3, -0.25) is 4.79 Å². The minimum Gasteiger partial charge on any atom is -0.372 e. The molecule has 160 valence electrons. The van der Waals surface area contributed by atoms with Crippen LogP contribution in [0.2, 0.25) is 0 Å². The number of allylic oxidation sites excluding steroid dienone is 1. The van der Waals surface area contributed by atoms with Gasteiger partial charge in [-0.25, -0.2) is 4.68 Å². The fourth-order valence-corrected chi connectivity index (χ4v) is 4.05. The summed E-state index contributed by atoms with van der Waals surface area (Å²) in [6, 6.07) is 15.8. The number of aryl methyl sites for hydroxylation is 1. The zero-order valence-electron chi connectivity index (χ0n) is 18.4. The molecule has 2 aromatic carbocycles. The summed E-state index contributed by atoms with van der Waals surface area (Å²) in [6.07, 6.45) is 1.51. The third kappa shape index (κ3) is 3.91. The van der Waals surface area contributed by atoms with Gasteiger partial charge in [0.15, 0.2) is 0 Å². The van der Waals surface area contributed by atoms with Crippen molar-refractivity contribution in [2.75, 3.05) is 28.6 Å². The molecule has 0 saturated carbocycles. The van der Waals surface area contributed by atoms with Crippen molar-refractivity contribution in [2.24, 2.45) is 0 Å². The molecule has 7 heteroatoms. The summed E-state index contributed by atoms with van der Waals surface area (Å²) >= 11 is 0. The van der Waals surface area contributed by atoms with Gasteiger partial charge < -0.3 is 15.5 Å². The molecule has 4 rings (SSSR count). The average Bonchev–Trinajstić information content (AvgIpc) is 3.23. The van der Waals surface area contributed by atoms with Gasteiger partial charge in [0, 0.05) is 30.2 Å². The Morgan fingerprint density at radius 3 is 2.48 bits per heavy atom. The van der Waals surface area contributed by atoms with E-state index in [0.717, 1.165) is 41.3 Å². The third-order valence-electron chi connectivity index (χ3n) is 5.77. The van der Waals surface area contributed by atoms with Crippen molar-refractivity contribution in [1.82, 2.24) is 14.8 Å². The summed E-state index contributed by atoms with van der Waals surface area (Å²) in [6.45, 7) is 10.1. The maximum atomic E-state index is 13.4. The van der Waals surface area contributed by atoms with Crippen molar-refractivity contribution in [3.8, 4) is 0 Å². The van der Waals surface area contributed by atoms with Crippen LogP contribution in [-0.2, 0) is 4.79 Å². The molecule has 0 fully saturated rings. The van der Waals surface area contributed by atoms with Gasteiger partial charge in [0.25, 0.3) is 5.91 Å². The molecule has 1 aromatic heterocycles. The van der Waals surface area contributed by atoms with Crippen LogP contribution in [0.25, 0.3) is 0 Å². The van der Waals surface area contributed by atoms with E-state index in [0.29, 0.717) is 11.5 Å². The lowest BCUT2D eigenvalue weighted by molar-refractivity contribution is -0.113. The monoisotopic (exact) mass is 416 g/mol. The Labute approximate surface area is 182 Å². The molecule has 2 heterocycles. The summed E-state index contributed by atoms with van der Waals surface area (Å²) in [7, 11) is 0. The molecule has 0 spiro atoms. The first kappa shape index (κ1) is 20.7. The van der Waals surface area contributed by atoms with Crippen LogP contribution in [0.4, 0.5) is 17.3 Å². The molecular weight excluding hydrogens is 388 g/mol. The maximum absolute atomic E-state index is 13.4. The molecule has 3 aromatic rings. The first-order chi connectivity index (χ1) is 15.0. The van der Waals surface area contributed by atoms with Crippen molar-refractivity contribution in [1.29, 1.82) is 0 Å². The number of para-hydroxylation sites is 1. The number of nitrogens with one attached hydrogen (secondary N) is 2. The van der Waals surface area contributed by atoms with Crippen molar-refractivity contribution in [3.05, 3.63) is 77.3 Å². The summed E-state index contributed by atoms with van der Waals surface area (Å²) in [5.74, 6) is 0.473. The molecule has 31 heavy (non-hydrogen) atoms. The number of anilines is 3. The number of nitrogens with zero attached hydrogens (tertiary/aromatic N) is 4. The van der Waals surface area contributed by atoms with Crippen molar-refractivity contribution in [3.63, 3.8) is 0 Å². The van der Waals surface area contributed by atoms with Crippen LogP contribution in [-0.4, -0.2) is 33.8 Å². The summed E-state index contributed by atoms with van der Waals surface area (Å²) < 4.78 is 1.77. The van der Waals surface area contributed by atoms with Gasteiger partial charge in [-0.1, -0.05) is 30.3 Å². The lowest BCUT2D eigenvalue weighted by Gasteiger charge is -2.29. The average molecular weight is 417 g/mol. The number of aromatic nitrogens is 3. The molecule has 0 bridgehead atoms. The van der Waals surface area contributed by atoms with Gasteiger partial charge in [-0.15, -0.1) is 0 Å². The van der Waals surface area contributed by atoms with Gasteiger partial charge in [-0.05, 0) is 57.0 Å². The van der Waals surface area contributed by atoms with Crippen LogP contribution < -0.4 is 15.5 Å². The van der Waals surface area contributed by atoms with E-state index in [1.165, 1.54) is 6.33 Å². The van der Waals surface area contributed by atoms with E-state index in [9.17, 15) is 4.79 Å². The molecule has 2 N–H and O–H groups in total. The second-order valence-corrected chi connectivity index (χ2v) is 7.63. The fraction of sp³-hybridized carbons (Fsp3) is 0.292. The number of carbonyl (C=O) groups excluding carboxylic acids is 1. The molecule has 0 aliphatic carbocycles. The molecule has 1 aliphatic rings. The van der Waals surface area contributed by atoms with E-state index in [1.807, 2.05) is 38.1 Å². The zero-order chi connectivity index (χ0) is 22.0. The summed E-state index contributed by atoms with van der Waals surface area (Å²) in [5.41, 5.74) is 5.35. The van der Waals surface area contributed by atoms with Crippen molar-refractivity contribution >= 4 is 23.2 Å². The topological polar surface area (TPSA) is 75.1 Å². The van der Waals surface area contributed by atoms with Gasteiger partial charge in [0.2, 0.25) is 5.95 Å². The van der Waals surface area contributed by atoms with Gasteiger partial charge in [0.1, 0.15) is 12.4 Å². The molecule has 7 nitrogen and oxygen atoms in total. The van der Waals surface area contributed by atoms with E-state index in [1.54, 1.807) is 4.68 Å². The van der Waals surface area contributed by atoms with Crippen molar-refractivity contribution in [2.45, 2.75) is 33.7 Å². The minimum absolute atomic E-state index is 0.154. The van der Waals surface area contributed by atoms with Gasteiger partial charge in [-0.2, -0.15) is 10.1 Å². The highest BCUT2D eigenvalue weighted by Crippen LogP contribution is 2.36. The Bertz CT molecular complexity index is 1110. The number of amides is 1. The molecular formula is C24H28N6O. The van der Waals surface area contributed by atoms with Gasteiger partial charge in [0.05, 0.1) is 5.57 Å². The lowest BCUT2D eigenvalue weighted by Crippen LogP contribution is -2.31. The van der Waals surface area contributed by atoms with Crippen LogP contribution in [0.15, 0.2) is 66.1 Å². The van der Waals surface area contributed by atoms with Crippen LogP contribution >= 0.6 is 0 Å². The number of hydrogen-bond acceptors (Lipinski definition) is 5. The second-order valence-electron chi connectivity index (χ2n) is 7.63. The Balaban J connectivity index is 1.73. The Kier molecular flexibility index (Phi) is 5.75. The highest BCUT2D eigenvalue weighted by molar-refractivity contribution is 6.06. The predicted molar refractivity (Wildman–Crippen MR) is 124 cm³/mol. The smallest absolute Gasteiger partial charge is 0.255 e. The van der Waals surface area contributed by atoms with Crippen LogP contribution in [0.1, 0.15) is 37.9 Å². The zero-order valence-corrected chi connectivity index (χ0v) is 18.4. The highest BCUT2D eigenvalue weighted by Gasteiger charge is 2.33. The van der Waals surface area contributed by atoms with Crippen molar-refractivity contribution < 1.29 is 4.79 Å². The highest BCUT2D eigenvalue weighted by atomic mass is 16.1. The number of hydrogen-bond donors (Lipinski definition) is 2. The molecule has 0 saturated heterocycles. The van der Waals surface area contributed by atoms with E-state index >= 15 is 0 Å². The number of carbonyl (C=O) groups is 1. The summed E-state index contributed by atoms with van der Waals surface area (Å²) in [4.78, 5) is 20.0. The van der Waals surface area contributed by atoms with Crippen LogP contribution in [0.5, 0.6) is 0 Å². The quantitative estimate of drug-likeness (QED) is 0.624. The number of fused-ring (bicyclic) bond motifs is 1. The summed E-state index contributed by atoms with van der Waals surface area (Å²) in [5, 5.41) is 10.7. The number of benzene rings is 2. The van der Waals surface area contributed by atoms with E-state index in [4.69, 9.17) is 0 Å². The van der Waals surface area contributed by atoms with E-state index in [-0.39, 0.29) is 11.9 Å². The molecule has 1 atom stereocenters. The molecule has 1 amide bonds. The van der Waals surface area contributed by atoms with Gasteiger partial charge >= 0.3 is 0 Å². The normalized spacial score (nSPS) is 15.3. The molecule has 1 aliphatic heterocycles. The Morgan fingerprint density at radius 2 is 1.81 bits per heavy atom. The Morgan fingerprint density at radius 1 is 1.10 bits per heavy atom. The maximum Gasteiger partial charge on any atom is 0.255 e. The molecule has 0 unspecified atom stereocenters. The lowest BCUT2D eigenvalue weighted by atomic mass is 9.94. The minimum atomic E-state index is -0.367. The predicted octanol–water partition coefficient (Wildman–Crippen LogP) is 4.36. The standard InChI is InChI=1S/C24H28N6O/c1-5-29(6-2)19-13-11-18(12-14-19)22-21(17(4)27-24-25-15-26-30(22)24)23(31)28-20-10-8-7-9-16(20)3/h7-15,22H,5-6H2,1-4H3,(H,28,31)(H,25,26,27)/t22-/m1/s1. The fourth-order valence-electron chi connectivity index (χ4n) is 4.05. The van der Waals surface area contributed by atoms with E-state index in [2.05, 4.69) is 63.7 Å². The van der Waals surface area contributed by atoms with Crippen LogP contribution in [0, 0.1) is 6.92 Å². The third-order valence-corrected chi connectivity index (χ3v) is 5.77. The largest absolute Gasteiger partial charge is 0.372 e. The first-order valence-electron chi connectivity index (χ1n) is 10.6. The SMILES string of the molecule is CCN(CC)c1ccc([C@@H]2C(C(=O)Nc3ccccc3C)=C(C)Nc3ncnn32)cc1. The van der Waals surface area contributed by atoms with Crippen LogP contribution in [0.3, 0.4) is 0 Å². The first-order valence-corrected chi connectivity index (χ1v) is 10.6. The number of rotatable bonds is 6. The Hall–Kier alpha value is -3.61. The van der Waals surface area contributed by atoms with E-state index < -0.39 is 0 Å². The molecule has 0 radical (unpaired) electrons.